The van der Waals surface area contributed by atoms with Crippen molar-refractivity contribution >= 4 is 6.03 Å². The average molecular weight is 180 g/mol. The van der Waals surface area contributed by atoms with Crippen molar-refractivity contribution in [3.63, 3.8) is 0 Å². The Morgan fingerprint density at radius 1 is 1.08 bits per heavy atom. The fourth-order valence-corrected chi connectivity index (χ4v) is 1.53. The first kappa shape index (κ1) is 8.22. The van der Waals surface area contributed by atoms with E-state index in [0.29, 0.717) is 0 Å². The molecule has 0 N–H and O–H groups in total. The number of hydrogen-bond acceptors (Lipinski definition) is 3. The van der Waals surface area contributed by atoms with Crippen LogP contribution in [-0.4, -0.2) is 39.0 Å². The minimum Gasteiger partial charge on any atom is -0.322 e. The predicted octanol–water partition coefficient (Wildman–Crippen LogP) is 0.732. The Balaban J connectivity index is 2.04. The second kappa shape index (κ2) is 3.55. The first-order valence-corrected chi connectivity index (χ1v) is 4.53. The van der Waals surface area contributed by atoms with E-state index in [9.17, 15) is 4.79 Å². The number of aromatic nitrogens is 3. The summed E-state index contributed by atoms with van der Waals surface area (Å²) in [6.45, 7) is 1.67. The number of hydrogen-bond donors (Lipinski definition) is 0. The van der Waals surface area contributed by atoms with E-state index < -0.39 is 0 Å². The molecule has 0 aliphatic carbocycles. The molecule has 0 aromatic carbocycles. The summed E-state index contributed by atoms with van der Waals surface area (Å²) < 4.78 is 0. The number of nitrogens with zero attached hydrogens (tertiary/aromatic N) is 4. The molecule has 0 atom stereocenters. The molecule has 1 saturated heterocycles. The molecular weight excluding hydrogens is 168 g/mol. The van der Waals surface area contributed by atoms with Crippen LogP contribution in [0.4, 0.5) is 4.79 Å². The fraction of sp³-hybridized carbons (Fsp3) is 0.625. The molecule has 5 heteroatoms. The monoisotopic (exact) mass is 180 g/mol. The molecule has 5 nitrogen and oxygen atoms in total. The lowest BCUT2D eigenvalue weighted by molar-refractivity contribution is 0.181. The van der Waals surface area contributed by atoms with Gasteiger partial charge in [-0.1, -0.05) is 4.80 Å². The molecule has 13 heavy (non-hydrogen) atoms. The molecule has 1 aliphatic rings. The van der Waals surface area contributed by atoms with Crippen molar-refractivity contribution in [2.24, 2.45) is 0 Å². The Hall–Kier alpha value is -1.39. The molecule has 0 radical (unpaired) electrons. The van der Waals surface area contributed by atoms with Gasteiger partial charge in [0.05, 0.1) is 12.4 Å². The summed E-state index contributed by atoms with van der Waals surface area (Å²) in [6.07, 6.45) is 6.43. The highest BCUT2D eigenvalue weighted by Crippen LogP contribution is 2.09. The Morgan fingerprint density at radius 2 is 1.69 bits per heavy atom. The minimum absolute atomic E-state index is 0.107. The first-order valence-electron chi connectivity index (χ1n) is 4.53. The molecule has 2 heterocycles. The van der Waals surface area contributed by atoms with E-state index >= 15 is 0 Å². The second-order valence-corrected chi connectivity index (χ2v) is 3.15. The molecule has 0 unspecified atom stereocenters. The lowest BCUT2D eigenvalue weighted by Gasteiger charge is -2.25. The van der Waals surface area contributed by atoms with Gasteiger partial charge >= 0.3 is 6.03 Å². The zero-order valence-electron chi connectivity index (χ0n) is 7.39. The summed E-state index contributed by atoms with van der Waals surface area (Å²) >= 11 is 0. The quantitative estimate of drug-likeness (QED) is 0.591. The summed E-state index contributed by atoms with van der Waals surface area (Å²) in [6, 6.07) is -0.107. The number of likely N-dealkylation sites (tertiary alicyclic amines) is 1. The second-order valence-electron chi connectivity index (χ2n) is 3.15. The predicted molar refractivity (Wildman–Crippen MR) is 46.2 cm³/mol. The summed E-state index contributed by atoms with van der Waals surface area (Å²) in [7, 11) is 0. The van der Waals surface area contributed by atoms with Crippen molar-refractivity contribution < 1.29 is 4.79 Å². The molecule has 1 aliphatic heterocycles. The van der Waals surface area contributed by atoms with Gasteiger partial charge in [0.25, 0.3) is 0 Å². The molecule has 70 valence electrons. The largest absolute Gasteiger partial charge is 0.362 e. The zero-order valence-corrected chi connectivity index (χ0v) is 7.39. The fourth-order valence-electron chi connectivity index (χ4n) is 1.53. The molecular formula is C8H12N4O. The Morgan fingerprint density at radius 3 is 2.31 bits per heavy atom. The van der Waals surface area contributed by atoms with Gasteiger partial charge in [-0.3, -0.25) is 0 Å². The third-order valence-electron chi connectivity index (χ3n) is 2.22. The van der Waals surface area contributed by atoms with Crippen LogP contribution in [0.25, 0.3) is 0 Å². The summed E-state index contributed by atoms with van der Waals surface area (Å²) in [5.41, 5.74) is 0. The van der Waals surface area contributed by atoms with E-state index in [1.807, 2.05) is 0 Å². The lowest BCUT2D eigenvalue weighted by atomic mass is 10.1. The highest BCUT2D eigenvalue weighted by atomic mass is 16.2. The van der Waals surface area contributed by atoms with Crippen LogP contribution in [0.15, 0.2) is 12.4 Å². The maximum absolute atomic E-state index is 11.6. The van der Waals surface area contributed by atoms with E-state index in [4.69, 9.17) is 0 Å². The number of piperidine rings is 1. The van der Waals surface area contributed by atoms with E-state index in [2.05, 4.69) is 10.2 Å². The number of carbonyl (C=O) groups is 1. The smallest absolute Gasteiger partial charge is 0.322 e. The molecule has 1 amide bonds. The molecule has 0 bridgehead atoms. The van der Waals surface area contributed by atoms with E-state index in [1.165, 1.54) is 18.8 Å². The van der Waals surface area contributed by atoms with Crippen molar-refractivity contribution in [1.29, 1.82) is 0 Å². The Bertz CT molecular complexity index is 276. The van der Waals surface area contributed by atoms with Crippen LogP contribution in [0.2, 0.25) is 0 Å². The molecule has 2 rings (SSSR count). The molecule has 1 aromatic rings. The van der Waals surface area contributed by atoms with Gasteiger partial charge in [0.15, 0.2) is 0 Å². The van der Waals surface area contributed by atoms with Gasteiger partial charge in [0.2, 0.25) is 0 Å². The van der Waals surface area contributed by atoms with Gasteiger partial charge < -0.3 is 4.90 Å². The molecule has 1 fully saturated rings. The molecule has 0 saturated carbocycles. The normalized spacial score (nSPS) is 17.4. The number of rotatable bonds is 0. The van der Waals surface area contributed by atoms with E-state index in [0.717, 1.165) is 30.7 Å². The SMILES string of the molecule is O=C(N1CCCCC1)n1nccn1. The highest BCUT2D eigenvalue weighted by molar-refractivity contribution is 5.74. The summed E-state index contributed by atoms with van der Waals surface area (Å²) in [5.74, 6) is 0. The number of carbonyl (C=O) groups excluding carboxylic acids is 1. The maximum atomic E-state index is 11.6. The van der Waals surface area contributed by atoms with Crippen LogP contribution in [0.1, 0.15) is 19.3 Å². The van der Waals surface area contributed by atoms with Crippen LogP contribution in [0.5, 0.6) is 0 Å². The third kappa shape index (κ3) is 1.68. The summed E-state index contributed by atoms with van der Waals surface area (Å²) in [4.78, 5) is 14.6. The van der Waals surface area contributed by atoms with Crippen molar-refractivity contribution in [3.8, 4) is 0 Å². The first-order chi connectivity index (χ1) is 6.38. The Kier molecular flexibility index (Phi) is 2.25. The van der Waals surface area contributed by atoms with Crippen molar-refractivity contribution in [2.45, 2.75) is 19.3 Å². The highest BCUT2D eigenvalue weighted by Gasteiger charge is 2.18. The van der Waals surface area contributed by atoms with Gasteiger partial charge in [-0.05, 0) is 19.3 Å². The van der Waals surface area contributed by atoms with Gasteiger partial charge in [0, 0.05) is 13.1 Å². The van der Waals surface area contributed by atoms with Gasteiger partial charge in [-0.15, -0.1) is 0 Å². The van der Waals surface area contributed by atoms with Gasteiger partial charge in [-0.25, -0.2) is 4.79 Å². The third-order valence-corrected chi connectivity index (χ3v) is 2.22. The van der Waals surface area contributed by atoms with Gasteiger partial charge in [0.1, 0.15) is 0 Å². The molecule has 1 aromatic heterocycles. The van der Waals surface area contributed by atoms with Crippen molar-refractivity contribution in [1.82, 2.24) is 19.9 Å². The van der Waals surface area contributed by atoms with Crippen LogP contribution in [0.3, 0.4) is 0 Å². The summed E-state index contributed by atoms with van der Waals surface area (Å²) in [5, 5.41) is 7.61. The van der Waals surface area contributed by atoms with E-state index in [-0.39, 0.29) is 6.03 Å². The van der Waals surface area contributed by atoms with Crippen LogP contribution in [-0.2, 0) is 0 Å². The topological polar surface area (TPSA) is 51.0 Å². The van der Waals surface area contributed by atoms with E-state index in [1.54, 1.807) is 4.90 Å². The van der Waals surface area contributed by atoms with Crippen molar-refractivity contribution in [2.75, 3.05) is 13.1 Å². The van der Waals surface area contributed by atoms with Gasteiger partial charge in [-0.2, -0.15) is 10.2 Å². The zero-order chi connectivity index (χ0) is 9.10. The average Bonchev–Trinajstić information content (AvgIpc) is 2.71. The maximum Gasteiger partial charge on any atom is 0.362 e. The number of amides is 1. The van der Waals surface area contributed by atoms with Crippen LogP contribution < -0.4 is 0 Å². The lowest BCUT2D eigenvalue weighted by Crippen LogP contribution is -2.39. The molecule has 0 spiro atoms. The van der Waals surface area contributed by atoms with Crippen LogP contribution >= 0.6 is 0 Å². The standard InChI is InChI=1S/C8H12N4O/c13-8(12-9-4-5-10-12)11-6-2-1-3-7-11/h4-5H,1-3,6-7H2. The van der Waals surface area contributed by atoms with Crippen molar-refractivity contribution in [3.05, 3.63) is 12.4 Å². The Labute approximate surface area is 76.3 Å². The minimum atomic E-state index is -0.107. The van der Waals surface area contributed by atoms with Crippen LogP contribution in [0, 0.1) is 0 Å².